The third-order valence-electron chi connectivity index (χ3n) is 5.75. The van der Waals surface area contributed by atoms with Crippen LogP contribution < -0.4 is 5.32 Å². The molecule has 0 aromatic carbocycles. The number of carbonyl (C=O) groups excluding carboxylic acids is 1. The number of sulfone groups is 1. The molecule has 5 nitrogen and oxygen atoms in total. The summed E-state index contributed by atoms with van der Waals surface area (Å²) in [6, 6.07) is 0. The molecule has 0 aromatic rings. The highest BCUT2D eigenvalue weighted by Crippen LogP contribution is 2.36. The first-order valence-corrected chi connectivity index (χ1v) is 10.7. The Morgan fingerprint density at radius 3 is 2.21 bits per heavy atom. The van der Waals surface area contributed by atoms with E-state index in [1.54, 1.807) is 0 Å². The fourth-order valence-corrected chi connectivity index (χ4v) is 5.42. The number of amides is 1. The lowest BCUT2D eigenvalue weighted by molar-refractivity contribution is -0.134. The fraction of sp³-hybridized carbons (Fsp3) is 0.941. The van der Waals surface area contributed by atoms with Gasteiger partial charge in [0.2, 0.25) is 5.91 Å². The molecule has 2 aliphatic rings. The fourth-order valence-electron chi connectivity index (χ4n) is 4.03. The van der Waals surface area contributed by atoms with Gasteiger partial charge in [-0.2, -0.15) is 0 Å². The van der Waals surface area contributed by atoms with E-state index in [0.29, 0.717) is 44.9 Å². The van der Waals surface area contributed by atoms with E-state index in [1.807, 2.05) is 4.90 Å². The van der Waals surface area contributed by atoms with E-state index in [2.05, 4.69) is 26.1 Å². The van der Waals surface area contributed by atoms with Gasteiger partial charge in [0.05, 0.1) is 0 Å². The number of piperidine rings is 1. The van der Waals surface area contributed by atoms with Crippen LogP contribution in [0.25, 0.3) is 0 Å². The highest BCUT2D eigenvalue weighted by Gasteiger charge is 2.50. The monoisotopic (exact) mass is 380 g/mol. The number of nitrogens with one attached hydrogen (secondary N) is 1. The Balaban J connectivity index is 0.00000288. The Morgan fingerprint density at radius 1 is 1.12 bits per heavy atom. The van der Waals surface area contributed by atoms with E-state index in [1.165, 1.54) is 6.26 Å². The quantitative estimate of drug-likeness (QED) is 0.797. The second-order valence-corrected chi connectivity index (χ2v) is 10.6. The number of nitrogens with zero attached hydrogens (tertiary/aromatic N) is 1. The summed E-state index contributed by atoms with van der Waals surface area (Å²) in [5.74, 6) is 0.429. The molecule has 2 heterocycles. The zero-order valence-corrected chi connectivity index (χ0v) is 17.1. The van der Waals surface area contributed by atoms with Gasteiger partial charge in [0, 0.05) is 19.3 Å². The molecule has 24 heavy (non-hydrogen) atoms. The molecule has 2 saturated heterocycles. The molecule has 2 rings (SSSR count). The highest BCUT2D eigenvalue weighted by molar-refractivity contribution is 7.92. The van der Waals surface area contributed by atoms with Gasteiger partial charge in [-0.05, 0) is 56.5 Å². The Labute approximate surface area is 153 Å². The van der Waals surface area contributed by atoms with E-state index in [4.69, 9.17) is 0 Å². The van der Waals surface area contributed by atoms with Crippen molar-refractivity contribution in [3.05, 3.63) is 0 Å². The molecule has 0 radical (unpaired) electrons. The molecule has 0 saturated carbocycles. The van der Waals surface area contributed by atoms with E-state index in [9.17, 15) is 13.2 Å². The van der Waals surface area contributed by atoms with E-state index < -0.39 is 14.6 Å². The molecule has 0 aromatic heterocycles. The van der Waals surface area contributed by atoms with Gasteiger partial charge in [-0.25, -0.2) is 8.42 Å². The number of hydrogen-bond donors (Lipinski definition) is 1. The van der Waals surface area contributed by atoms with Crippen LogP contribution in [0.3, 0.4) is 0 Å². The summed E-state index contributed by atoms with van der Waals surface area (Å²) in [4.78, 5) is 15.0. The highest BCUT2D eigenvalue weighted by atomic mass is 35.5. The van der Waals surface area contributed by atoms with Crippen molar-refractivity contribution in [3.8, 4) is 0 Å². The minimum atomic E-state index is -3.42. The molecule has 2 aliphatic heterocycles. The predicted octanol–water partition coefficient (Wildman–Crippen LogP) is 2.25. The van der Waals surface area contributed by atoms with Crippen LogP contribution in [0.4, 0.5) is 0 Å². The van der Waals surface area contributed by atoms with Gasteiger partial charge in [-0.15, -0.1) is 12.4 Å². The minimum Gasteiger partial charge on any atom is -0.341 e. The van der Waals surface area contributed by atoms with Crippen LogP contribution in [-0.4, -0.2) is 56.4 Å². The average molecular weight is 381 g/mol. The van der Waals surface area contributed by atoms with Crippen molar-refractivity contribution in [2.75, 3.05) is 32.4 Å². The summed E-state index contributed by atoms with van der Waals surface area (Å²) in [5, 5.41) is 3.17. The Kier molecular flexibility index (Phi) is 7.16. The number of likely N-dealkylation sites (tertiary alicyclic amines) is 1. The Bertz CT molecular complexity index is 537. The van der Waals surface area contributed by atoms with E-state index in [-0.39, 0.29) is 23.7 Å². The average Bonchev–Trinajstić information content (AvgIpc) is 2.71. The lowest BCUT2D eigenvalue weighted by Gasteiger charge is -2.38. The minimum absolute atomic E-state index is 0. The number of halogens is 1. The van der Waals surface area contributed by atoms with E-state index in [0.717, 1.165) is 19.3 Å². The largest absolute Gasteiger partial charge is 0.341 e. The summed E-state index contributed by atoms with van der Waals surface area (Å²) in [5.41, 5.74) is 0.238. The maximum atomic E-state index is 13.1. The summed E-state index contributed by atoms with van der Waals surface area (Å²) in [6.45, 7) is 9.32. The SMILES string of the molecule is CC(C)(C)C1CCCN(C(=O)C2(S(C)(=O)=O)CCNCC2)CC1.Cl. The van der Waals surface area contributed by atoms with Crippen molar-refractivity contribution in [1.82, 2.24) is 10.2 Å². The van der Waals surface area contributed by atoms with Gasteiger partial charge in [-0.1, -0.05) is 20.8 Å². The molecule has 0 spiro atoms. The molecule has 0 aliphatic carbocycles. The molecule has 1 amide bonds. The number of carbonyl (C=O) groups is 1. The number of rotatable bonds is 2. The van der Waals surface area contributed by atoms with Crippen LogP contribution in [0.15, 0.2) is 0 Å². The van der Waals surface area contributed by atoms with Crippen LogP contribution in [-0.2, 0) is 14.6 Å². The first-order valence-electron chi connectivity index (χ1n) is 8.78. The molecular weight excluding hydrogens is 348 g/mol. The molecule has 1 unspecified atom stereocenters. The van der Waals surface area contributed by atoms with Crippen LogP contribution in [0.1, 0.15) is 52.9 Å². The molecule has 1 atom stereocenters. The lowest BCUT2D eigenvalue weighted by atomic mass is 9.77. The molecule has 142 valence electrons. The number of hydrogen-bond acceptors (Lipinski definition) is 4. The maximum Gasteiger partial charge on any atom is 0.244 e. The first kappa shape index (κ1) is 21.7. The smallest absolute Gasteiger partial charge is 0.244 e. The third kappa shape index (κ3) is 4.44. The maximum absolute atomic E-state index is 13.1. The van der Waals surface area contributed by atoms with Crippen molar-refractivity contribution >= 4 is 28.2 Å². The second-order valence-electron chi connectivity index (χ2n) is 8.30. The van der Waals surface area contributed by atoms with Gasteiger partial charge in [-0.3, -0.25) is 4.79 Å². The van der Waals surface area contributed by atoms with Gasteiger partial charge in [0.15, 0.2) is 14.6 Å². The van der Waals surface area contributed by atoms with Crippen LogP contribution in [0, 0.1) is 11.3 Å². The summed E-state index contributed by atoms with van der Waals surface area (Å²) in [7, 11) is -3.42. The topological polar surface area (TPSA) is 66.5 Å². The van der Waals surface area contributed by atoms with Crippen LogP contribution >= 0.6 is 12.4 Å². The summed E-state index contributed by atoms with van der Waals surface area (Å²) in [6.07, 6.45) is 5.06. The molecule has 0 bridgehead atoms. The molecule has 2 fully saturated rings. The molecule has 7 heteroatoms. The Hall–Kier alpha value is -0.330. The molecule has 1 N–H and O–H groups in total. The van der Waals surface area contributed by atoms with Crippen molar-refractivity contribution in [3.63, 3.8) is 0 Å². The Morgan fingerprint density at radius 2 is 1.71 bits per heavy atom. The summed E-state index contributed by atoms with van der Waals surface area (Å²) < 4.78 is 23.6. The zero-order chi connectivity index (χ0) is 17.3. The standard InChI is InChI=1S/C17H32N2O3S.ClH/c1-16(2,3)14-6-5-12-19(13-7-14)15(20)17(23(4,21)22)8-10-18-11-9-17;/h14,18H,5-13H2,1-4H3;1H. The zero-order valence-electron chi connectivity index (χ0n) is 15.4. The van der Waals surface area contributed by atoms with Crippen LogP contribution in [0.5, 0.6) is 0 Å². The van der Waals surface area contributed by atoms with E-state index >= 15 is 0 Å². The predicted molar refractivity (Wildman–Crippen MR) is 100 cm³/mol. The first-order chi connectivity index (χ1) is 10.6. The second kappa shape index (κ2) is 7.92. The van der Waals surface area contributed by atoms with Crippen molar-refractivity contribution in [2.45, 2.75) is 57.6 Å². The van der Waals surface area contributed by atoms with Gasteiger partial charge >= 0.3 is 0 Å². The van der Waals surface area contributed by atoms with Crippen molar-refractivity contribution < 1.29 is 13.2 Å². The van der Waals surface area contributed by atoms with Crippen molar-refractivity contribution in [2.24, 2.45) is 11.3 Å². The summed E-state index contributed by atoms with van der Waals surface area (Å²) >= 11 is 0. The molecular formula is C17H33ClN2O3S. The van der Waals surface area contributed by atoms with Crippen LogP contribution in [0.2, 0.25) is 0 Å². The van der Waals surface area contributed by atoms with Gasteiger partial charge in [0.25, 0.3) is 0 Å². The van der Waals surface area contributed by atoms with Gasteiger partial charge < -0.3 is 10.2 Å². The normalized spacial score (nSPS) is 25.5. The van der Waals surface area contributed by atoms with Gasteiger partial charge in [0.1, 0.15) is 0 Å². The lowest BCUT2D eigenvalue weighted by Crippen LogP contribution is -2.58. The third-order valence-corrected chi connectivity index (χ3v) is 7.75. The van der Waals surface area contributed by atoms with Crippen molar-refractivity contribution in [1.29, 1.82) is 0 Å².